The van der Waals surface area contributed by atoms with Crippen molar-refractivity contribution in [3.63, 3.8) is 0 Å². The van der Waals surface area contributed by atoms with Crippen molar-refractivity contribution < 1.29 is 17.6 Å². The van der Waals surface area contributed by atoms with Crippen molar-refractivity contribution in [3.8, 4) is 0 Å². The first kappa shape index (κ1) is 16.3. The summed E-state index contributed by atoms with van der Waals surface area (Å²) >= 11 is 9.24. The minimum absolute atomic E-state index is 0.243. The molecule has 2 aromatic rings. The van der Waals surface area contributed by atoms with Crippen LogP contribution in [-0.4, -0.2) is 0 Å². The van der Waals surface area contributed by atoms with Gasteiger partial charge in [0.15, 0.2) is 0 Å². The largest absolute Gasteiger partial charge is 0.416 e. The van der Waals surface area contributed by atoms with E-state index in [2.05, 4.69) is 15.9 Å². The topological polar surface area (TPSA) is 0 Å². The second-order valence-corrected chi connectivity index (χ2v) is 5.89. The van der Waals surface area contributed by atoms with Crippen LogP contribution in [0.2, 0.25) is 0 Å². The molecule has 0 saturated heterocycles. The molecule has 0 aliphatic carbocycles. The van der Waals surface area contributed by atoms with Gasteiger partial charge in [-0.3, -0.25) is 0 Å². The molecule has 2 aromatic carbocycles. The normalized spacial score (nSPS) is 13.2. The lowest BCUT2D eigenvalue weighted by Crippen LogP contribution is -2.05. The van der Waals surface area contributed by atoms with E-state index in [0.29, 0.717) is 15.6 Å². The highest BCUT2D eigenvalue weighted by atomic mass is 79.9. The summed E-state index contributed by atoms with van der Waals surface area (Å²) in [7, 11) is 0. The highest BCUT2D eigenvalue weighted by Gasteiger charge is 2.30. The zero-order valence-electron chi connectivity index (χ0n) is 10.6. The number of benzene rings is 2. The molecule has 1 unspecified atom stereocenters. The Morgan fingerprint density at radius 1 is 1.05 bits per heavy atom. The molecule has 0 fully saturated rings. The predicted molar refractivity (Wildman–Crippen MR) is 77.8 cm³/mol. The van der Waals surface area contributed by atoms with Crippen molar-refractivity contribution in [2.24, 2.45) is 0 Å². The Labute approximate surface area is 132 Å². The van der Waals surface area contributed by atoms with Gasteiger partial charge in [-0.1, -0.05) is 24.3 Å². The minimum Gasteiger partial charge on any atom is -0.205 e. The Bertz CT molecular complexity index is 623. The Balaban J connectivity index is 2.16. The van der Waals surface area contributed by atoms with Crippen LogP contribution >= 0.6 is 27.5 Å². The molecule has 0 bridgehead atoms. The van der Waals surface area contributed by atoms with Crippen molar-refractivity contribution in [1.82, 2.24) is 0 Å². The van der Waals surface area contributed by atoms with E-state index in [1.54, 1.807) is 18.2 Å². The lowest BCUT2D eigenvalue weighted by atomic mass is 10.0. The average Bonchev–Trinajstić information content (AvgIpc) is 2.41. The summed E-state index contributed by atoms with van der Waals surface area (Å²) in [6.07, 6.45) is -4.12. The van der Waals surface area contributed by atoms with E-state index in [4.69, 9.17) is 11.6 Å². The van der Waals surface area contributed by atoms with Crippen LogP contribution in [0, 0.1) is 5.82 Å². The number of alkyl halides is 4. The third-order valence-electron chi connectivity index (χ3n) is 3.02. The van der Waals surface area contributed by atoms with Gasteiger partial charge in [-0.2, -0.15) is 13.2 Å². The molecule has 1 atom stereocenters. The molecule has 0 radical (unpaired) electrons. The van der Waals surface area contributed by atoms with Crippen LogP contribution in [0.5, 0.6) is 0 Å². The first-order valence-electron chi connectivity index (χ1n) is 6.03. The van der Waals surface area contributed by atoms with Gasteiger partial charge in [0, 0.05) is 5.56 Å². The first-order chi connectivity index (χ1) is 9.79. The van der Waals surface area contributed by atoms with Gasteiger partial charge in [-0.15, -0.1) is 11.6 Å². The molecule has 21 heavy (non-hydrogen) atoms. The molecule has 0 aliphatic rings. The molecule has 0 nitrogen and oxygen atoms in total. The van der Waals surface area contributed by atoms with Gasteiger partial charge in [0.1, 0.15) is 5.82 Å². The van der Waals surface area contributed by atoms with Crippen LogP contribution in [-0.2, 0) is 12.6 Å². The number of hydrogen-bond acceptors (Lipinski definition) is 0. The van der Waals surface area contributed by atoms with Crippen LogP contribution < -0.4 is 0 Å². The predicted octanol–water partition coefficient (Wildman–Crippen LogP) is 6.13. The molecule has 0 heterocycles. The fourth-order valence-corrected chi connectivity index (χ4v) is 2.64. The van der Waals surface area contributed by atoms with Crippen LogP contribution in [0.1, 0.15) is 22.1 Å². The summed E-state index contributed by atoms with van der Waals surface area (Å²) in [6, 6.07) is 9.47. The van der Waals surface area contributed by atoms with Gasteiger partial charge >= 0.3 is 6.18 Å². The van der Waals surface area contributed by atoms with E-state index in [9.17, 15) is 17.6 Å². The number of hydrogen-bond donors (Lipinski definition) is 0. The molecule has 0 saturated carbocycles. The summed E-state index contributed by atoms with van der Waals surface area (Å²) in [4.78, 5) is 0. The molecule has 112 valence electrons. The number of rotatable bonds is 3. The second-order valence-electron chi connectivity index (χ2n) is 4.51. The lowest BCUT2D eigenvalue weighted by Gasteiger charge is -2.13. The summed E-state index contributed by atoms with van der Waals surface area (Å²) in [5, 5.41) is -0.653. The Hall–Kier alpha value is -1.07. The van der Waals surface area contributed by atoms with Gasteiger partial charge in [-0.05, 0) is 46.1 Å². The summed E-state index contributed by atoms with van der Waals surface area (Å²) in [5.41, 5.74) is 0.208. The van der Waals surface area contributed by atoms with E-state index in [1.165, 1.54) is 12.1 Å². The maximum absolute atomic E-state index is 13.9. The van der Waals surface area contributed by atoms with E-state index >= 15 is 0 Å². The maximum atomic E-state index is 13.9. The van der Waals surface area contributed by atoms with Crippen molar-refractivity contribution in [2.45, 2.75) is 18.0 Å². The SMILES string of the molecule is Fc1c(Br)cccc1C(Cl)Cc1ccc(C(F)(F)F)cc1. The van der Waals surface area contributed by atoms with Gasteiger partial charge < -0.3 is 0 Å². The van der Waals surface area contributed by atoms with Crippen molar-refractivity contribution in [2.75, 3.05) is 0 Å². The van der Waals surface area contributed by atoms with Crippen molar-refractivity contribution in [1.29, 1.82) is 0 Å². The first-order valence-corrected chi connectivity index (χ1v) is 7.26. The van der Waals surface area contributed by atoms with Gasteiger partial charge in [0.25, 0.3) is 0 Å². The monoisotopic (exact) mass is 380 g/mol. The molecule has 0 aliphatic heterocycles. The van der Waals surface area contributed by atoms with E-state index < -0.39 is 22.9 Å². The Morgan fingerprint density at radius 3 is 2.24 bits per heavy atom. The highest BCUT2D eigenvalue weighted by Crippen LogP contribution is 2.32. The lowest BCUT2D eigenvalue weighted by molar-refractivity contribution is -0.137. The third-order valence-corrected chi connectivity index (χ3v) is 4.02. The van der Waals surface area contributed by atoms with Crippen molar-refractivity contribution in [3.05, 3.63) is 69.4 Å². The smallest absolute Gasteiger partial charge is 0.205 e. The number of halogens is 6. The summed E-state index contributed by atoms with van der Waals surface area (Å²) in [6.45, 7) is 0. The van der Waals surface area contributed by atoms with Gasteiger partial charge in [0.2, 0.25) is 0 Å². The molecule has 0 amide bonds. The van der Waals surface area contributed by atoms with Crippen LogP contribution in [0.4, 0.5) is 17.6 Å². The Kier molecular flexibility index (Phi) is 4.94. The fourth-order valence-electron chi connectivity index (χ4n) is 1.91. The quantitative estimate of drug-likeness (QED) is 0.443. The fraction of sp³-hybridized carbons (Fsp3) is 0.200. The third kappa shape index (κ3) is 3.98. The van der Waals surface area contributed by atoms with E-state index in [-0.39, 0.29) is 6.42 Å². The maximum Gasteiger partial charge on any atom is 0.416 e. The zero-order valence-corrected chi connectivity index (χ0v) is 12.9. The summed E-state index contributed by atoms with van der Waals surface area (Å²) in [5.74, 6) is -0.454. The molecule has 0 spiro atoms. The molecular weight excluding hydrogens is 372 g/mol. The molecule has 0 aromatic heterocycles. The molecule has 0 N–H and O–H groups in total. The van der Waals surface area contributed by atoms with E-state index in [1.807, 2.05) is 0 Å². The minimum atomic E-state index is -4.37. The zero-order chi connectivity index (χ0) is 15.6. The second kappa shape index (κ2) is 6.36. The van der Waals surface area contributed by atoms with Crippen LogP contribution in [0.25, 0.3) is 0 Å². The van der Waals surface area contributed by atoms with E-state index in [0.717, 1.165) is 12.1 Å². The standard InChI is InChI=1S/C15H10BrClF4/c16-12-3-1-2-11(14(12)18)13(17)8-9-4-6-10(7-5-9)15(19,20)21/h1-7,13H,8H2. The average molecular weight is 382 g/mol. The molecule has 2 rings (SSSR count). The van der Waals surface area contributed by atoms with Crippen molar-refractivity contribution >= 4 is 27.5 Å². The van der Waals surface area contributed by atoms with Crippen LogP contribution in [0.3, 0.4) is 0 Å². The van der Waals surface area contributed by atoms with Crippen LogP contribution in [0.15, 0.2) is 46.9 Å². The highest BCUT2D eigenvalue weighted by molar-refractivity contribution is 9.10. The van der Waals surface area contributed by atoms with Gasteiger partial charge in [0.05, 0.1) is 15.4 Å². The molecule has 6 heteroatoms. The molecular formula is C15H10BrClF4. The van der Waals surface area contributed by atoms with Gasteiger partial charge in [-0.25, -0.2) is 4.39 Å². The summed E-state index contributed by atoms with van der Waals surface area (Å²) < 4.78 is 51.6. The Morgan fingerprint density at radius 2 is 1.67 bits per heavy atom.